The van der Waals surface area contributed by atoms with E-state index in [9.17, 15) is 4.79 Å². The van der Waals surface area contributed by atoms with E-state index in [4.69, 9.17) is 15.9 Å². The maximum absolute atomic E-state index is 10.5. The Morgan fingerprint density at radius 1 is 0.867 bits per heavy atom. The van der Waals surface area contributed by atoms with Gasteiger partial charge in [-0.15, -0.1) is 11.8 Å². The van der Waals surface area contributed by atoms with Crippen molar-refractivity contribution in [3.8, 4) is 11.8 Å². The van der Waals surface area contributed by atoms with Gasteiger partial charge in [0, 0.05) is 25.1 Å². The molecule has 0 unspecified atom stereocenters. The quantitative estimate of drug-likeness (QED) is 0.178. The van der Waals surface area contributed by atoms with Gasteiger partial charge >= 0.3 is 5.97 Å². The van der Waals surface area contributed by atoms with Gasteiger partial charge in [-0.1, -0.05) is 76.3 Å². The van der Waals surface area contributed by atoms with E-state index in [1.165, 1.54) is 70.6 Å². The highest BCUT2D eigenvalue weighted by atomic mass is 16.4. The van der Waals surface area contributed by atoms with E-state index in [0.717, 1.165) is 24.8 Å². The average Bonchev–Trinajstić information content (AvgIpc) is 2.73. The summed E-state index contributed by atoms with van der Waals surface area (Å²) in [6, 6.07) is 4.93. The molecule has 0 aromatic heterocycles. The Labute approximate surface area is 184 Å². The number of aliphatic hydroxyl groups is 1. The fourth-order valence-electron chi connectivity index (χ4n) is 3.06. The van der Waals surface area contributed by atoms with E-state index in [-0.39, 0.29) is 5.56 Å². The average molecular weight is 418 g/mol. The summed E-state index contributed by atoms with van der Waals surface area (Å²) >= 11 is 0. The predicted molar refractivity (Wildman–Crippen MR) is 128 cm³/mol. The lowest BCUT2D eigenvalue weighted by atomic mass is 10.1. The molecule has 30 heavy (non-hydrogen) atoms. The molecular formula is C26H43NO3. The summed E-state index contributed by atoms with van der Waals surface area (Å²) in [6.07, 6.45) is 17.6. The maximum atomic E-state index is 10.5. The van der Waals surface area contributed by atoms with E-state index < -0.39 is 5.97 Å². The lowest BCUT2D eigenvalue weighted by Crippen LogP contribution is -2.02. The smallest absolute Gasteiger partial charge is 0.337 e. The van der Waals surface area contributed by atoms with Crippen LogP contribution in [0.15, 0.2) is 18.2 Å². The van der Waals surface area contributed by atoms with Crippen LogP contribution in [0.3, 0.4) is 0 Å². The lowest BCUT2D eigenvalue weighted by Gasteiger charge is -2.00. The van der Waals surface area contributed by atoms with E-state index in [2.05, 4.69) is 18.8 Å². The highest BCUT2D eigenvalue weighted by Crippen LogP contribution is 2.13. The molecule has 0 heterocycles. The number of hydrogen-bond donors (Lipinski definition) is 3. The van der Waals surface area contributed by atoms with E-state index in [0.29, 0.717) is 12.3 Å². The largest absolute Gasteiger partial charge is 0.478 e. The second kappa shape index (κ2) is 20.3. The number of rotatable bonds is 14. The van der Waals surface area contributed by atoms with Crippen LogP contribution in [0, 0.1) is 18.8 Å². The summed E-state index contributed by atoms with van der Waals surface area (Å²) in [4.78, 5) is 10.5. The highest BCUT2D eigenvalue weighted by Gasteiger charge is 2.06. The molecule has 0 fully saturated rings. The molecule has 4 N–H and O–H groups in total. The summed E-state index contributed by atoms with van der Waals surface area (Å²) in [5.41, 5.74) is 6.79. The summed E-state index contributed by atoms with van der Waals surface area (Å²) in [5, 5.41) is 17.3. The van der Waals surface area contributed by atoms with E-state index >= 15 is 0 Å². The van der Waals surface area contributed by atoms with Crippen molar-refractivity contribution in [1.29, 1.82) is 0 Å². The number of aliphatic hydroxyl groups excluding tert-OH is 1. The molecule has 0 atom stereocenters. The van der Waals surface area contributed by atoms with E-state index in [1.807, 2.05) is 6.92 Å². The zero-order valence-electron chi connectivity index (χ0n) is 19.2. The van der Waals surface area contributed by atoms with Crippen molar-refractivity contribution in [3.63, 3.8) is 0 Å². The first-order chi connectivity index (χ1) is 14.5. The molecule has 0 saturated heterocycles. The first-order valence-corrected chi connectivity index (χ1v) is 11.7. The Morgan fingerprint density at radius 2 is 1.37 bits per heavy atom. The molecule has 1 aromatic carbocycles. The molecule has 0 spiro atoms. The van der Waals surface area contributed by atoms with Crippen LogP contribution in [0.2, 0.25) is 0 Å². The van der Waals surface area contributed by atoms with Crippen molar-refractivity contribution in [3.05, 3.63) is 29.3 Å². The van der Waals surface area contributed by atoms with Crippen LogP contribution < -0.4 is 5.73 Å². The number of hydrogen-bond acceptors (Lipinski definition) is 3. The van der Waals surface area contributed by atoms with Gasteiger partial charge in [0.1, 0.15) is 0 Å². The summed E-state index contributed by atoms with van der Waals surface area (Å²) in [6.45, 7) is 4.43. The third-order valence-electron chi connectivity index (χ3n) is 4.93. The number of carbonyl (C=O) groups is 1. The molecular weight excluding hydrogens is 374 g/mol. The minimum absolute atomic E-state index is 0.171. The monoisotopic (exact) mass is 417 g/mol. The number of anilines is 1. The van der Waals surface area contributed by atoms with Crippen molar-refractivity contribution in [1.82, 2.24) is 0 Å². The second-order valence-corrected chi connectivity index (χ2v) is 7.86. The van der Waals surface area contributed by atoms with Crippen molar-refractivity contribution in [2.24, 2.45) is 0 Å². The molecule has 0 radical (unpaired) electrons. The molecule has 170 valence electrons. The zero-order valence-corrected chi connectivity index (χ0v) is 19.2. The molecule has 0 amide bonds. The van der Waals surface area contributed by atoms with Gasteiger partial charge in [0.05, 0.1) is 5.56 Å². The summed E-state index contributed by atoms with van der Waals surface area (Å²) in [5.74, 6) is 5.62. The fourth-order valence-corrected chi connectivity index (χ4v) is 3.06. The number of aromatic carboxylic acids is 1. The van der Waals surface area contributed by atoms with Crippen LogP contribution in [0.4, 0.5) is 5.69 Å². The number of carboxylic acid groups (broad SMARTS) is 1. The molecule has 0 bridgehead atoms. The van der Waals surface area contributed by atoms with Crippen molar-refractivity contribution < 1.29 is 15.0 Å². The van der Waals surface area contributed by atoms with Gasteiger partial charge in [-0.3, -0.25) is 0 Å². The number of unbranched alkanes of at least 4 members (excludes halogenated alkanes) is 12. The number of benzene rings is 1. The number of aryl methyl sites for hydroxylation is 1. The van der Waals surface area contributed by atoms with Crippen molar-refractivity contribution in [2.75, 3.05) is 12.3 Å². The number of nitrogen functional groups attached to an aromatic ring is 1. The predicted octanol–water partition coefficient (Wildman–Crippen LogP) is 6.74. The van der Waals surface area contributed by atoms with Gasteiger partial charge in [0.25, 0.3) is 0 Å². The standard InChI is InChI=1S/C18H34O.C8H9NO2/c1-2-3-4-5-6-7-8-9-10-11-12-13-14-15-16-17-18-19;1-5-2-3-7(9)6(4-5)8(10)11/h19H,2-6,9-18H2,1H3;2-4H,9H2,1H3,(H,10,11). The molecule has 1 rings (SSSR count). The lowest BCUT2D eigenvalue weighted by molar-refractivity contribution is 0.0698. The Kier molecular flexibility index (Phi) is 18.9. The molecule has 1 aromatic rings. The second-order valence-electron chi connectivity index (χ2n) is 7.86. The van der Waals surface area contributed by atoms with Crippen LogP contribution in [0.25, 0.3) is 0 Å². The minimum atomic E-state index is -0.980. The molecule has 0 aliphatic carbocycles. The first kappa shape index (κ1) is 28.0. The maximum Gasteiger partial charge on any atom is 0.337 e. The van der Waals surface area contributed by atoms with Gasteiger partial charge < -0.3 is 15.9 Å². The van der Waals surface area contributed by atoms with Crippen LogP contribution >= 0.6 is 0 Å². The number of nitrogens with two attached hydrogens (primary N) is 1. The van der Waals surface area contributed by atoms with Gasteiger partial charge in [0.15, 0.2) is 0 Å². The van der Waals surface area contributed by atoms with E-state index in [1.54, 1.807) is 18.2 Å². The SMILES string of the molecule is CCCCCCC#CCCCCCCCCCCO.Cc1ccc(N)c(C(=O)O)c1. The normalized spacial score (nSPS) is 9.97. The fraction of sp³-hybridized carbons (Fsp3) is 0.654. The topological polar surface area (TPSA) is 83.5 Å². The van der Waals surface area contributed by atoms with Gasteiger partial charge in [-0.25, -0.2) is 4.79 Å². The van der Waals surface area contributed by atoms with Crippen LogP contribution in [-0.4, -0.2) is 22.8 Å². The van der Waals surface area contributed by atoms with Gasteiger partial charge in [0.2, 0.25) is 0 Å². The third kappa shape index (κ3) is 16.9. The van der Waals surface area contributed by atoms with Crippen molar-refractivity contribution >= 4 is 11.7 Å². The Bertz CT molecular complexity index is 616. The van der Waals surface area contributed by atoms with Crippen molar-refractivity contribution in [2.45, 2.75) is 104 Å². The van der Waals surface area contributed by atoms with Gasteiger partial charge in [-0.05, 0) is 38.3 Å². The third-order valence-corrected chi connectivity index (χ3v) is 4.93. The van der Waals surface area contributed by atoms with Crippen LogP contribution in [-0.2, 0) is 0 Å². The molecule has 4 heteroatoms. The Morgan fingerprint density at radius 3 is 1.83 bits per heavy atom. The van der Waals surface area contributed by atoms with Crippen LogP contribution in [0.5, 0.6) is 0 Å². The Hall–Kier alpha value is -1.99. The zero-order chi connectivity index (χ0) is 22.5. The summed E-state index contributed by atoms with van der Waals surface area (Å²) < 4.78 is 0. The highest BCUT2D eigenvalue weighted by molar-refractivity contribution is 5.93. The Balaban J connectivity index is 0.000000642. The van der Waals surface area contributed by atoms with Gasteiger partial charge in [-0.2, -0.15) is 0 Å². The van der Waals surface area contributed by atoms with Crippen LogP contribution in [0.1, 0.15) is 113 Å². The molecule has 0 aliphatic rings. The minimum Gasteiger partial charge on any atom is -0.478 e. The summed E-state index contributed by atoms with van der Waals surface area (Å²) in [7, 11) is 0. The first-order valence-electron chi connectivity index (χ1n) is 11.7. The molecule has 0 saturated carbocycles. The molecule has 0 aliphatic heterocycles. The number of carboxylic acids is 1. The molecule has 4 nitrogen and oxygen atoms in total.